The maximum absolute atomic E-state index is 12.4. The predicted molar refractivity (Wildman–Crippen MR) is 103 cm³/mol. The Morgan fingerprint density at radius 1 is 0.962 bits per heavy atom. The number of nitrogens with one attached hydrogen (secondary N) is 1. The Morgan fingerprint density at radius 3 is 2.38 bits per heavy atom. The van der Waals surface area contributed by atoms with Crippen molar-refractivity contribution in [2.75, 3.05) is 12.4 Å². The van der Waals surface area contributed by atoms with Crippen LogP contribution in [0.2, 0.25) is 5.02 Å². The second-order valence-corrected chi connectivity index (χ2v) is 6.04. The molecule has 0 bridgehead atoms. The summed E-state index contributed by atoms with van der Waals surface area (Å²) in [6, 6.07) is 21.9. The van der Waals surface area contributed by atoms with E-state index < -0.39 is 0 Å². The zero-order valence-corrected chi connectivity index (χ0v) is 15.0. The van der Waals surface area contributed by atoms with E-state index in [4.69, 9.17) is 21.1 Å². The molecular weight excluding hydrogens is 350 g/mol. The van der Waals surface area contributed by atoms with Gasteiger partial charge in [-0.1, -0.05) is 41.9 Å². The molecule has 0 aliphatic heterocycles. The highest BCUT2D eigenvalue weighted by Crippen LogP contribution is 2.29. The average molecular weight is 368 g/mol. The number of hydrogen-bond donors (Lipinski definition) is 1. The van der Waals surface area contributed by atoms with Gasteiger partial charge in [0.15, 0.2) is 11.5 Å². The van der Waals surface area contributed by atoms with Crippen molar-refractivity contribution in [1.82, 2.24) is 0 Å². The Balaban J connectivity index is 1.71. The van der Waals surface area contributed by atoms with E-state index in [-0.39, 0.29) is 5.91 Å². The summed E-state index contributed by atoms with van der Waals surface area (Å²) < 4.78 is 11.2. The van der Waals surface area contributed by atoms with Crippen LogP contribution in [-0.2, 0) is 6.61 Å². The van der Waals surface area contributed by atoms with Crippen LogP contribution in [0, 0.1) is 0 Å². The third-order valence-electron chi connectivity index (χ3n) is 3.77. The maximum atomic E-state index is 12.4. The number of ether oxygens (including phenoxy) is 2. The van der Waals surface area contributed by atoms with Gasteiger partial charge in [0, 0.05) is 16.3 Å². The zero-order chi connectivity index (χ0) is 18.4. The van der Waals surface area contributed by atoms with E-state index in [1.54, 1.807) is 49.6 Å². The minimum absolute atomic E-state index is 0.236. The Kier molecular flexibility index (Phi) is 5.77. The quantitative estimate of drug-likeness (QED) is 0.653. The number of benzene rings is 3. The van der Waals surface area contributed by atoms with Crippen LogP contribution in [0.3, 0.4) is 0 Å². The molecule has 4 nitrogen and oxygen atoms in total. The Bertz CT molecular complexity index is 880. The lowest BCUT2D eigenvalue weighted by Crippen LogP contribution is -2.12. The molecule has 0 saturated carbocycles. The number of carbonyl (C=O) groups is 1. The van der Waals surface area contributed by atoms with Crippen LogP contribution < -0.4 is 14.8 Å². The molecule has 0 fully saturated rings. The third kappa shape index (κ3) is 4.55. The van der Waals surface area contributed by atoms with E-state index in [1.165, 1.54) is 0 Å². The molecule has 26 heavy (non-hydrogen) atoms. The highest BCUT2D eigenvalue weighted by Gasteiger charge is 2.12. The Hall–Kier alpha value is -2.98. The molecule has 0 saturated heterocycles. The Labute approximate surface area is 157 Å². The van der Waals surface area contributed by atoms with Crippen LogP contribution in [0.4, 0.5) is 5.69 Å². The van der Waals surface area contributed by atoms with Crippen LogP contribution in [0.1, 0.15) is 15.9 Å². The van der Waals surface area contributed by atoms with Crippen LogP contribution in [0.25, 0.3) is 0 Å². The summed E-state index contributed by atoms with van der Waals surface area (Å²) >= 11 is 5.85. The lowest BCUT2D eigenvalue weighted by Gasteiger charge is -2.12. The van der Waals surface area contributed by atoms with E-state index in [1.807, 2.05) is 30.3 Å². The first-order chi connectivity index (χ1) is 12.7. The van der Waals surface area contributed by atoms with Crippen molar-refractivity contribution in [1.29, 1.82) is 0 Å². The van der Waals surface area contributed by atoms with Gasteiger partial charge in [-0.25, -0.2) is 0 Å². The molecule has 0 aliphatic rings. The van der Waals surface area contributed by atoms with Gasteiger partial charge in [0.25, 0.3) is 5.91 Å². The van der Waals surface area contributed by atoms with Crippen molar-refractivity contribution < 1.29 is 14.3 Å². The van der Waals surface area contributed by atoms with Crippen molar-refractivity contribution in [3.63, 3.8) is 0 Å². The van der Waals surface area contributed by atoms with Crippen molar-refractivity contribution in [3.05, 3.63) is 88.9 Å². The largest absolute Gasteiger partial charge is 0.493 e. The predicted octanol–water partition coefficient (Wildman–Crippen LogP) is 5.18. The van der Waals surface area contributed by atoms with E-state index in [9.17, 15) is 4.79 Å². The molecule has 132 valence electrons. The van der Waals surface area contributed by atoms with Crippen LogP contribution in [-0.4, -0.2) is 13.0 Å². The van der Waals surface area contributed by atoms with Crippen molar-refractivity contribution in [2.24, 2.45) is 0 Å². The number of methoxy groups -OCH3 is 1. The fourth-order valence-corrected chi connectivity index (χ4v) is 2.53. The number of hydrogen-bond acceptors (Lipinski definition) is 3. The molecule has 3 rings (SSSR count). The summed E-state index contributed by atoms with van der Waals surface area (Å²) in [4.78, 5) is 12.4. The summed E-state index contributed by atoms with van der Waals surface area (Å²) in [7, 11) is 1.55. The van der Waals surface area contributed by atoms with Gasteiger partial charge in [-0.15, -0.1) is 0 Å². The van der Waals surface area contributed by atoms with Crippen LogP contribution >= 0.6 is 11.6 Å². The normalized spacial score (nSPS) is 10.2. The lowest BCUT2D eigenvalue weighted by molar-refractivity contribution is 0.102. The van der Waals surface area contributed by atoms with Crippen LogP contribution in [0.5, 0.6) is 11.5 Å². The summed E-state index contributed by atoms with van der Waals surface area (Å²) in [5, 5.41) is 3.44. The van der Waals surface area contributed by atoms with Gasteiger partial charge in [-0.05, 0) is 48.0 Å². The molecule has 0 radical (unpaired) electrons. The summed E-state index contributed by atoms with van der Waals surface area (Å²) in [5.41, 5.74) is 2.20. The molecule has 0 aromatic heterocycles. The molecule has 3 aromatic carbocycles. The second kappa shape index (κ2) is 8.41. The number of rotatable bonds is 6. The van der Waals surface area contributed by atoms with Crippen molar-refractivity contribution in [2.45, 2.75) is 6.61 Å². The number of carbonyl (C=O) groups excluding carboxylic acids is 1. The third-order valence-corrected chi connectivity index (χ3v) is 4.02. The number of amides is 1. The molecule has 5 heteroatoms. The minimum Gasteiger partial charge on any atom is -0.493 e. The first kappa shape index (κ1) is 17.8. The first-order valence-corrected chi connectivity index (χ1v) is 8.45. The standard InChI is InChI=1S/C21H18ClNO3/c1-25-20-13-16(21(24)23-18-10-8-17(22)9-11-18)7-12-19(20)26-14-15-5-3-2-4-6-15/h2-13H,14H2,1H3,(H,23,24). The number of anilines is 1. The molecular formula is C21H18ClNO3. The van der Waals surface area contributed by atoms with Crippen molar-refractivity contribution >= 4 is 23.2 Å². The fourth-order valence-electron chi connectivity index (χ4n) is 2.40. The van der Waals surface area contributed by atoms with Gasteiger partial charge in [-0.3, -0.25) is 4.79 Å². The molecule has 0 unspecified atom stereocenters. The highest BCUT2D eigenvalue weighted by atomic mass is 35.5. The molecule has 0 atom stereocenters. The lowest BCUT2D eigenvalue weighted by atomic mass is 10.1. The monoisotopic (exact) mass is 367 g/mol. The van der Waals surface area contributed by atoms with Gasteiger partial charge < -0.3 is 14.8 Å². The molecule has 1 N–H and O–H groups in total. The molecule has 1 amide bonds. The fraction of sp³-hybridized carbons (Fsp3) is 0.0952. The van der Waals surface area contributed by atoms with Crippen molar-refractivity contribution in [3.8, 4) is 11.5 Å². The molecule has 0 heterocycles. The van der Waals surface area contributed by atoms with Gasteiger partial charge in [-0.2, -0.15) is 0 Å². The van der Waals surface area contributed by atoms with Gasteiger partial charge in [0.05, 0.1) is 7.11 Å². The molecule has 0 spiro atoms. The maximum Gasteiger partial charge on any atom is 0.255 e. The van der Waals surface area contributed by atoms with E-state index in [2.05, 4.69) is 5.32 Å². The highest BCUT2D eigenvalue weighted by molar-refractivity contribution is 6.30. The average Bonchev–Trinajstić information content (AvgIpc) is 2.68. The minimum atomic E-state index is -0.236. The SMILES string of the molecule is COc1cc(C(=O)Nc2ccc(Cl)cc2)ccc1OCc1ccccc1. The van der Waals surface area contributed by atoms with Crippen LogP contribution in [0.15, 0.2) is 72.8 Å². The number of halogens is 1. The zero-order valence-electron chi connectivity index (χ0n) is 14.2. The van der Waals surface area contributed by atoms with E-state index in [0.717, 1.165) is 5.56 Å². The Morgan fingerprint density at radius 2 is 1.69 bits per heavy atom. The van der Waals surface area contributed by atoms with E-state index in [0.29, 0.717) is 34.4 Å². The second-order valence-electron chi connectivity index (χ2n) is 5.60. The van der Waals surface area contributed by atoms with E-state index >= 15 is 0 Å². The van der Waals surface area contributed by atoms with Gasteiger partial charge in [0.1, 0.15) is 6.61 Å². The molecule has 0 aliphatic carbocycles. The summed E-state index contributed by atoms with van der Waals surface area (Å²) in [5.74, 6) is 0.851. The molecule has 3 aromatic rings. The summed E-state index contributed by atoms with van der Waals surface area (Å²) in [6.45, 7) is 0.424. The summed E-state index contributed by atoms with van der Waals surface area (Å²) in [6.07, 6.45) is 0. The first-order valence-electron chi connectivity index (χ1n) is 8.07. The van der Waals surface area contributed by atoms with Gasteiger partial charge in [0.2, 0.25) is 0 Å². The topological polar surface area (TPSA) is 47.6 Å². The smallest absolute Gasteiger partial charge is 0.255 e. The van der Waals surface area contributed by atoms with Gasteiger partial charge >= 0.3 is 0 Å².